The number of nitrogens with one attached hydrogen (secondary N) is 1. The van der Waals surface area contributed by atoms with Crippen LogP contribution in [0.15, 0.2) is 0 Å². The van der Waals surface area contributed by atoms with Crippen LogP contribution in [-0.2, 0) is 4.74 Å². The van der Waals surface area contributed by atoms with Gasteiger partial charge in [0.25, 0.3) is 0 Å². The molecule has 0 aromatic heterocycles. The van der Waals surface area contributed by atoms with Gasteiger partial charge in [-0.2, -0.15) is 0 Å². The maximum atomic E-state index is 5.56. The summed E-state index contributed by atoms with van der Waals surface area (Å²) in [4.78, 5) is 0. The van der Waals surface area contributed by atoms with E-state index in [2.05, 4.69) is 12.2 Å². The van der Waals surface area contributed by atoms with Gasteiger partial charge in [0.15, 0.2) is 0 Å². The van der Waals surface area contributed by atoms with Crippen LogP contribution in [0.5, 0.6) is 0 Å². The first-order valence-electron chi connectivity index (χ1n) is 6.74. The van der Waals surface area contributed by atoms with E-state index in [9.17, 15) is 0 Å². The van der Waals surface area contributed by atoms with Crippen LogP contribution < -0.4 is 5.32 Å². The molecule has 0 heterocycles. The Kier molecular flexibility index (Phi) is 7.94. The van der Waals surface area contributed by atoms with Crippen LogP contribution in [0.3, 0.4) is 0 Å². The molecule has 0 amide bonds. The molecule has 1 aliphatic rings. The van der Waals surface area contributed by atoms with Crippen LogP contribution in [0, 0.1) is 0 Å². The van der Waals surface area contributed by atoms with Gasteiger partial charge >= 0.3 is 0 Å². The van der Waals surface area contributed by atoms with Crippen molar-refractivity contribution in [3.63, 3.8) is 0 Å². The molecular weight excluding hydrogens is 186 g/mol. The first-order valence-corrected chi connectivity index (χ1v) is 6.74. The molecule has 0 aliphatic heterocycles. The van der Waals surface area contributed by atoms with Crippen molar-refractivity contribution < 1.29 is 4.74 Å². The Hall–Kier alpha value is -0.0800. The third-order valence-electron chi connectivity index (χ3n) is 3.15. The van der Waals surface area contributed by atoms with E-state index < -0.39 is 0 Å². The van der Waals surface area contributed by atoms with Crippen molar-refractivity contribution in [1.29, 1.82) is 0 Å². The largest absolute Gasteiger partial charge is 0.381 e. The molecule has 15 heavy (non-hydrogen) atoms. The second kappa shape index (κ2) is 9.17. The Morgan fingerprint density at radius 3 is 2.53 bits per heavy atom. The van der Waals surface area contributed by atoms with E-state index in [4.69, 9.17) is 4.74 Å². The SMILES string of the molecule is CCCCCOCCCNC1CCCC1. The van der Waals surface area contributed by atoms with Gasteiger partial charge in [0, 0.05) is 19.3 Å². The number of rotatable bonds is 9. The monoisotopic (exact) mass is 213 g/mol. The number of hydrogen-bond acceptors (Lipinski definition) is 2. The Balaban J connectivity index is 1.73. The maximum absolute atomic E-state index is 5.56. The van der Waals surface area contributed by atoms with Gasteiger partial charge in [-0.3, -0.25) is 0 Å². The Labute approximate surface area is 94.8 Å². The predicted molar refractivity (Wildman–Crippen MR) is 65.2 cm³/mol. The quantitative estimate of drug-likeness (QED) is 0.594. The minimum Gasteiger partial charge on any atom is -0.381 e. The van der Waals surface area contributed by atoms with Gasteiger partial charge in [-0.15, -0.1) is 0 Å². The molecule has 0 spiro atoms. The lowest BCUT2D eigenvalue weighted by Gasteiger charge is -2.11. The molecular formula is C13H27NO. The summed E-state index contributed by atoms with van der Waals surface area (Å²) in [5.74, 6) is 0. The molecule has 1 aliphatic carbocycles. The lowest BCUT2D eigenvalue weighted by atomic mass is 10.2. The fourth-order valence-electron chi connectivity index (χ4n) is 2.17. The maximum Gasteiger partial charge on any atom is 0.0478 e. The van der Waals surface area contributed by atoms with Gasteiger partial charge in [0.2, 0.25) is 0 Å². The molecule has 0 aromatic carbocycles. The number of unbranched alkanes of at least 4 members (excludes halogenated alkanes) is 2. The number of hydrogen-bond donors (Lipinski definition) is 1. The van der Waals surface area contributed by atoms with E-state index in [0.29, 0.717) is 0 Å². The van der Waals surface area contributed by atoms with Crippen molar-refractivity contribution in [2.24, 2.45) is 0 Å². The van der Waals surface area contributed by atoms with Crippen LogP contribution >= 0.6 is 0 Å². The van der Waals surface area contributed by atoms with E-state index in [1.165, 1.54) is 51.4 Å². The normalized spacial score (nSPS) is 17.4. The van der Waals surface area contributed by atoms with Gasteiger partial charge in [-0.05, 0) is 32.2 Å². The highest BCUT2D eigenvalue weighted by molar-refractivity contribution is 4.72. The summed E-state index contributed by atoms with van der Waals surface area (Å²) in [7, 11) is 0. The summed E-state index contributed by atoms with van der Waals surface area (Å²) in [6.07, 6.45) is 10.6. The van der Waals surface area contributed by atoms with Gasteiger partial charge in [0.1, 0.15) is 0 Å². The lowest BCUT2D eigenvalue weighted by Crippen LogP contribution is -2.27. The van der Waals surface area contributed by atoms with Crippen molar-refractivity contribution in [3.8, 4) is 0 Å². The topological polar surface area (TPSA) is 21.3 Å². The Morgan fingerprint density at radius 2 is 1.80 bits per heavy atom. The zero-order valence-electron chi connectivity index (χ0n) is 10.3. The van der Waals surface area contributed by atoms with E-state index >= 15 is 0 Å². The molecule has 1 rings (SSSR count). The first kappa shape index (κ1) is 13.0. The van der Waals surface area contributed by atoms with Crippen LogP contribution in [0.1, 0.15) is 58.3 Å². The van der Waals surface area contributed by atoms with Crippen molar-refractivity contribution in [1.82, 2.24) is 5.32 Å². The van der Waals surface area contributed by atoms with Crippen LogP contribution in [0.25, 0.3) is 0 Å². The van der Waals surface area contributed by atoms with Gasteiger partial charge in [-0.25, -0.2) is 0 Å². The molecule has 2 heteroatoms. The highest BCUT2D eigenvalue weighted by atomic mass is 16.5. The molecule has 0 bridgehead atoms. The average Bonchev–Trinajstić information content (AvgIpc) is 2.75. The Morgan fingerprint density at radius 1 is 1.07 bits per heavy atom. The molecule has 1 N–H and O–H groups in total. The van der Waals surface area contributed by atoms with Crippen LogP contribution in [0.2, 0.25) is 0 Å². The summed E-state index contributed by atoms with van der Waals surface area (Å²) >= 11 is 0. The zero-order chi connectivity index (χ0) is 10.8. The highest BCUT2D eigenvalue weighted by Gasteiger charge is 2.12. The summed E-state index contributed by atoms with van der Waals surface area (Å²) in [5, 5.41) is 3.60. The molecule has 1 fully saturated rings. The van der Waals surface area contributed by atoms with Crippen molar-refractivity contribution >= 4 is 0 Å². The zero-order valence-corrected chi connectivity index (χ0v) is 10.3. The van der Waals surface area contributed by atoms with E-state index in [1.54, 1.807) is 0 Å². The second-order valence-corrected chi connectivity index (χ2v) is 4.61. The Bertz CT molecular complexity index is 132. The van der Waals surface area contributed by atoms with E-state index in [1.807, 2.05) is 0 Å². The van der Waals surface area contributed by atoms with Crippen LogP contribution in [0.4, 0.5) is 0 Å². The molecule has 1 saturated carbocycles. The molecule has 90 valence electrons. The second-order valence-electron chi connectivity index (χ2n) is 4.61. The molecule has 0 radical (unpaired) electrons. The van der Waals surface area contributed by atoms with Crippen molar-refractivity contribution in [2.45, 2.75) is 64.3 Å². The van der Waals surface area contributed by atoms with E-state index in [0.717, 1.165) is 25.8 Å². The molecule has 0 atom stereocenters. The smallest absolute Gasteiger partial charge is 0.0478 e. The predicted octanol–water partition coefficient (Wildman–Crippen LogP) is 3.12. The summed E-state index contributed by atoms with van der Waals surface area (Å²) in [6.45, 7) is 5.25. The molecule has 2 nitrogen and oxygen atoms in total. The molecule has 0 saturated heterocycles. The van der Waals surface area contributed by atoms with Crippen molar-refractivity contribution in [2.75, 3.05) is 19.8 Å². The van der Waals surface area contributed by atoms with Gasteiger partial charge < -0.3 is 10.1 Å². The summed E-state index contributed by atoms with van der Waals surface area (Å²) < 4.78 is 5.56. The highest BCUT2D eigenvalue weighted by Crippen LogP contribution is 2.17. The minimum absolute atomic E-state index is 0.810. The molecule has 0 aromatic rings. The lowest BCUT2D eigenvalue weighted by molar-refractivity contribution is 0.127. The van der Waals surface area contributed by atoms with Gasteiger partial charge in [0.05, 0.1) is 0 Å². The van der Waals surface area contributed by atoms with E-state index in [-0.39, 0.29) is 0 Å². The van der Waals surface area contributed by atoms with Crippen molar-refractivity contribution in [3.05, 3.63) is 0 Å². The standard InChI is InChI=1S/C13H27NO/c1-2-3-6-11-15-12-7-10-14-13-8-4-5-9-13/h13-14H,2-12H2,1H3. The molecule has 0 unspecified atom stereocenters. The van der Waals surface area contributed by atoms with Crippen LogP contribution in [-0.4, -0.2) is 25.8 Å². The minimum atomic E-state index is 0.810. The third-order valence-corrected chi connectivity index (χ3v) is 3.15. The fraction of sp³-hybridized carbons (Fsp3) is 1.00. The summed E-state index contributed by atoms with van der Waals surface area (Å²) in [5.41, 5.74) is 0. The fourth-order valence-corrected chi connectivity index (χ4v) is 2.17. The average molecular weight is 213 g/mol. The van der Waals surface area contributed by atoms with Gasteiger partial charge in [-0.1, -0.05) is 32.6 Å². The number of ether oxygens (including phenoxy) is 1. The summed E-state index contributed by atoms with van der Waals surface area (Å²) in [6, 6.07) is 0.810. The first-order chi connectivity index (χ1) is 7.43. The third kappa shape index (κ3) is 6.91.